The van der Waals surface area contributed by atoms with E-state index in [4.69, 9.17) is 9.47 Å². The van der Waals surface area contributed by atoms with E-state index >= 15 is 0 Å². The number of thioether (sulfide) groups is 6. The van der Waals surface area contributed by atoms with Gasteiger partial charge in [-0.1, -0.05) is 78.6 Å². The smallest absolute Gasteiger partial charge is 0.375 e. The van der Waals surface area contributed by atoms with Crippen LogP contribution in [-0.2, 0) is 49.8 Å². The number of rotatable bonds is 13. The molecule has 0 radical (unpaired) electrons. The molecule has 6 aliphatic heterocycles. The molecule has 3 aromatic heterocycles. The molecule has 11 rings (SSSR count). The third-order valence-electron chi connectivity index (χ3n) is 19.3. The molecule has 5 aromatic rings. The summed E-state index contributed by atoms with van der Waals surface area (Å²) in [5, 5.41) is 37.6. The van der Waals surface area contributed by atoms with Crippen molar-refractivity contribution >= 4 is 132 Å². The van der Waals surface area contributed by atoms with Crippen molar-refractivity contribution in [2.75, 3.05) is 21.1 Å². The first-order chi connectivity index (χ1) is 49.2. The van der Waals surface area contributed by atoms with Gasteiger partial charge in [-0.3, -0.25) is 53.1 Å². The maximum absolute atomic E-state index is 14.7. The molecule has 0 spiro atoms. The van der Waals surface area contributed by atoms with E-state index in [0.29, 0.717) is 50.8 Å². The number of benzene rings is 2. The Kier molecular flexibility index (Phi) is 22.9. The number of amides is 6. The van der Waals surface area contributed by atoms with Gasteiger partial charge in [0, 0.05) is 97.2 Å². The Balaban J connectivity index is 0.000000188. The summed E-state index contributed by atoms with van der Waals surface area (Å²) in [6, 6.07) is 27.5. The van der Waals surface area contributed by atoms with Gasteiger partial charge in [-0.15, -0.1) is 0 Å². The van der Waals surface area contributed by atoms with Crippen LogP contribution in [0, 0.1) is 57.2 Å². The Morgan fingerprint density at radius 3 is 1.18 bits per heavy atom. The number of hydrogen-bond acceptors (Lipinski definition) is 27. The maximum Gasteiger partial charge on any atom is 0.375 e. The number of fused-ring (bicyclic) bond motifs is 3. The predicted octanol–water partition coefficient (Wildman–Crippen LogP) is 10.5. The van der Waals surface area contributed by atoms with Gasteiger partial charge < -0.3 is 44.0 Å². The van der Waals surface area contributed by atoms with E-state index in [1.165, 1.54) is 97.5 Å². The summed E-state index contributed by atoms with van der Waals surface area (Å²) in [5.74, 6) is -2.59. The van der Waals surface area contributed by atoms with Crippen LogP contribution in [0.2, 0.25) is 0 Å². The summed E-state index contributed by atoms with van der Waals surface area (Å²) in [4.78, 5) is 163. The van der Waals surface area contributed by atoms with Crippen LogP contribution in [-0.4, -0.2) is 166 Å². The van der Waals surface area contributed by atoms with Gasteiger partial charge >= 0.3 is 10.6 Å². The Morgan fingerprint density at radius 2 is 0.838 bits per heavy atom. The summed E-state index contributed by atoms with van der Waals surface area (Å²) in [6.07, 6.45) is 7.24. The number of carbonyl (C=O) groups excluding carboxylic acids is 11. The normalized spacial score (nSPS) is 30.1. The fourth-order valence-corrected chi connectivity index (χ4v) is 21.3. The number of para-hydroxylation sites is 2. The minimum Gasteiger partial charge on any atom is -0.418 e. The van der Waals surface area contributed by atoms with E-state index in [1.807, 2.05) is 6.92 Å². The second kappa shape index (κ2) is 30.0. The van der Waals surface area contributed by atoms with Gasteiger partial charge in [0.1, 0.15) is 17.8 Å². The predicted molar refractivity (Wildman–Crippen MR) is 394 cm³/mol. The largest absolute Gasteiger partial charge is 0.418 e. The molecule has 0 bridgehead atoms. The molecule has 12 atom stereocenters. The molecule has 33 heteroatoms. The molecule has 2 aromatic carbocycles. The van der Waals surface area contributed by atoms with Crippen molar-refractivity contribution in [2.24, 2.45) is 16.2 Å². The van der Waals surface area contributed by atoms with Crippen molar-refractivity contribution in [3.63, 3.8) is 0 Å². The minimum absolute atomic E-state index is 0.0169. The Hall–Kier alpha value is -9.14. The Bertz CT molecular complexity index is 4520. The molecule has 0 saturated carbocycles. The quantitative estimate of drug-likeness (QED) is 0.107. The second-order valence-corrected chi connectivity index (χ2v) is 35.7. The lowest BCUT2D eigenvalue weighted by Gasteiger charge is -2.52. The summed E-state index contributed by atoms with van der Waals surface area (Å²) in [6.45, 7) is 20.8. The first-order valence-corrected chi connectivity index (χ1v) is 37.3. The molecular formula is C72H75N13O14S6. The average Bonchev–Trinajstić information content (AvgIpc) is 1.45. The number of carbonyl (C=O) groups is 11. The standard InChI is InChI=1S/C31H28N4O7S2.C21H24N4O4S2.C20H23N5O3S2/c1-29(19-32)18-31(44-28(40)42-23-12-8-5-9-13-23)26(38)34(3)30(2,43-27(39)41-22-10-6-4-7-11-22)25(37)35(31)24(29)20-14-15-21(17-36)33-16-20;1-12-7-8-15(9-23-12)16-19(4,11-22)10-21(31-14(3)27)18(29)24(6)20(5,30-13(2)26)17(28)25(16)21;1-12(2)29-19(5)16(27)25-15(14-7-22-11-23-8-14)18(4,10-21)9-20(25,30-13(3)26)17(28)24(19)6/h4-16,24,36H,17-18H2,1-3H3;7-9,16H,10H2,1-6H3;7-8,11,15H,1,9H2,2-6H3/t24?,29-,30+,31+;16?,19-,20+,21+;15?,18-,19+,20+/m111/s1. The first kappa shape index (κ1) is 80.0. The zero-order valence-corrected chi connectivity index (χ0v) is 64.7. The molecular weight excluding hydrogens is 1460 g/mol. The number of piperazine rings is 3. The van der Waals surface area contributed by atoms with E-state index in [2.05, 4.69) is 44.7 Å². The van der Waals surface area contributed by atoms with E-state index in [0.717, 1.165) is 45.9 Å². The van der Waals surface area contributed by atoms with Crippen molar-refractivity contribution in [1.29, 1.82) is 15.8 Å². The number of ether oxygens (including phenoxy) is 2. The van der Waals surface area contributed by atoms with Crippen LogP contribution in [0.5, 0.6) is 11.5 Å². The molecule has 548 valence electrons. The number of aliphatic hydroxyl groups is 1. The summed E-state index contributed by atoms with van der Waals surface area (Å²) < 4.78 is 10.9. The van der Waals surface area contributed by atoms with Crippen LogP contribution >= 0.6 is 70.6 Å². The van der Waals surface area contributed by atoms with Crippen molar-refractivity contribution in [2.45, 2.75) is 149 Å². The molecule has 6 amide bonds. The monoisotopic (exact) mass is 1540 g/mol. The van der Waals surface area contributed by atoms with Crippen LogP contribution in [0.3, 0.4) is 0 Å². The number of aliphatic hydroxyl groups excluding tert-OH is 1. The van der Waals surface area contributed by atoms with Crippen LogP contribution in [0.1, 0.15) is 135 Å². The number of aromatic nitrogens is 4. The van der Waals surface area contributed by atoms with Crippen LogP contribution in [0.15, 0.2) is 128 Å². The van der Waals surface area contributed by atoms with Crippen LogP contribution in [0.25, 0.3) is 0 Å². The fraction of sp³-hybridized carbons (Fsp3) is 0.417. The number of pyridine rings is 2. The highest BCUT2D eigenvalue weighted by molar-refractivity contribution is 8.16. The number of nitrogens with zero attached hydrogens (tertiary/aromatic N) is 13. The average molecular weight is 1540 g/mol. The summed E-state index contributed by atoms with van der Waals surface area (Å²) in [5.41, 5.74) is -0.979. The number of likely N-dealkylation sites (N-methyl/N-ethyl adjacent to an activating group) is 3. The highest BCUT2D eigenvalue weighted by Crippen LogP contribution is 2.66. The van der Waals surface area contributed by atoms with E-state index in [-0.39, 0.29) is 64.5 Å². The number of hydrogen-bond donors (Lipinski definition) is 1. The van der Waals surface area contributed by atoms with Crippen molar-refractivity contribution in [3.05, 3.63) is 156 Å². The minimum atomic E-state index is -1.90. The molecule has 9 heterocycles. The highest BCUT2D eigenvalue weighted by atomic mass is 32.2. The summed E-state index contributed by atoms with van der Waals surface area (Å²) in [7, 11) is 4.39. The van der Waals surface area contributed by atoms with Gasteiger partial charge in [0.25, 0.3) is 35.4 Å². The van der Waals surface area contributed by atoms with E-state index in [1.54, 1.807) is 145 Å². The van der Waals surface area contributed by atoms with Crippen molar-refractivity contribution in [3.8, 4) is 29.7 Å². The Morgan fingerprint density at radius 1 is 0.486 bits per heavy atom. The number of aryl methyl sites for hydroxylation is 1. The lowest BCUT2D eigenvalue weighted by Crippen LogP contribution is -2.71. The summed E-state index contributed by atoms with van der Waals surface area (Å²) >= 11 is 4.51. The SMILES string of the molecule is C=C(C)S[C@@]1(C)C(=O)N2C(c3cncnc3)[C@@](C)(C#N)C[C@]2(SC(C)=O)C(=O)N1C.CC(=O)S[C@@]1(C)C(=O)N2C(c3ccc(C)nc3)[C@@](C)(C#N)C[C@]2(SC(C)=O)C(=O)N1C.CN1C(=O)[C@@]2(SC(=O)Oc3ccccc3)C[C@](C)(C#N)C(c3ccc(CO)nc3)N2C(=O)[C@]1(C)SC(=O)Oc1ccccc1. The van der Waals surface area contributed by atoms with E-state index < -0.39 is 97.8 Å². The Labute approximate surface area is 632 Å². The van der Waals surface area contributed by atoms with Gasteiger partial charge in [0.05, 0.1) is 64.9 Å². The van der Waals surface area contributed by atoms with Crippen molar-refractivity contribution < 1.29 is 67.3 Å². The first-order valence-electron chi connectivity index (χ1n) is 32.4. The van der Waals surface area contributed by atoms with Gasteiger partial charge in [0.15, 0.2) is 44.6 Å². The maximum atomic E-state index is 14.7. The van der Waals surface area contributed by atoms with Gasteiger partial charge in [-0.2, -0.15) is 15.8 Å². The topological polar surface area (TPSA) is 369 Å². The third kappa shape index (κ3) is 14.2. The van der Waals surface area contributed by atoms with Crippen LogP contribution in [0.4, 0.5) is 9.59 Å². The molecule has 3 unspecified atom stereocenters. The zero-order chi connectivity index (χ0) is 77.5. The molecule has 105 heavy (non-hydrogen) atoms. The lowest BCUT2D eigenvalue weighted by molar-refractivity contribution is -0.163. The molecule has 6 fully saturated rings. The van der Waals surface area contributed by atoms with Gasteiger partial charge in [-0.25, -0.2) is 19.6 Å². The molecule has 6 aliphatic rings. The fourth-order valence-electron chi connectivity index (χ4n) is 14.3. The highest BCUT2D eigenvalue weighted by Gasteiger charge is 2.75. The second-order valence-electron chi connectivity index (χ2n) is 27.0. The zero-order valence-electron chi connectivity index (χ0n) is 59.8. The number of nitriles is 3. The molecule has 6 saturated heterocycles. The van der Waals surface area contributed by atoms with E-state index in [9.17, 15) is 73.6 Å². The molecule has 27 nitrogen and oxygen atoms in total. The van der Waals surface area contributed by atoms with Crippen LogP contribution < -0.4 is 9.47 Å². The van der Waals surface area contributed by atoms with Gasteiger partial charge in [0.2, 0.25) is 0 Å². The van der Waals surface area contributed by atoms with Gasteiger partial charge in [-0.05, 0) is 155 Å². The third-order valence-corrected chi connectivity index (χ3v) is 26.1. The molecule has 0 aliphatic carbocycles. The molecule has 1 N–H and O–H groups in total. The number of allylic oxidation sites excluding steroid dienone is 1. The lowest BCUT2D eigenvalue weighted by atomic mass is 9.80. The van der Waals surface area contributed by atoms with Crippen molar-refractivity contribution in [1.82, 2.24) is 49.3 Å².